The number of aliphatic hydroxyl groups excluding tert-OH is 1. The van der Waals surface area contributed by atoms with Gasteiger partial charge in [-0.3, -0.25) is 0 Å². The van der Waals surface area contributed by atoms with Gasteiger partial charge in [0.25, 0.3) is 0 Å². The second kappa shape index (κ2) is 20.3. The fourth-order valence-electron chi connectivity index (χ4n) is 3.06. The number of nitrogens with one attached hydrogen (secondary N) is 2. The van der Waals surface area contributed by atoms with E-state index in [1.54, 1.807) is 0 Å². The minimum absolute atomic E-state index is 0.159. The van der Waals surface area contributed by atoms with Crippen LogP contribution in [0.15, 0.2) is 12.1 Å². The zero-order valence-corrected chi connectivity index (χ0v) is 22.4. The van der Waals surface area contributed by atoms with E-state index in [-0.39, 0.29) is 11.4 Å². The number of benzene rings is 1. The van der Waals surface area contributed by atoms with Crippen LogP contribution < -0.4 is 15.4 Å². The molecule has 4 nitrogen and oxygen atoms in total. The number of rotatable bonds is 7. The first kappa shape index (κ1) is 31.6. The summed E-state index contributed by atoms with van der Waals surface area (Å²) in [5.41, 5.74) is 3.73. The molecule has 0 spiro atoms. The molecule has 0 radical (unpaired) electrons. The molecule has 30 heavy (non-hydrogen) atoms. The first-order valence-electron chi connectivity index (χ1n) is 11.9. The predicted molar refractivity (Wildman–Crippen MR) is 142 cm³/mol. The third-order valence-electron chi connectivity index (χ3n) is 4.32. The van der Waals surface area contributed by atoms with Crippen LogP contribution in [-0.2, 0) is 12.8 Å². The van der Waals surface area contributed by atoms with E-state index >= 15 is 0 Å². The van der Waals surface area contributed by atoms with Crippen LogP contribution in [0.5, 0.6) is 5.75 Å². The molecule has 6 heteroatoms. The van der Waals surface area contributed by atoms with Crippen molar-refractivity contribution in [3.05, 3.63) is 23.3 Å². The van der Waals surface area contributed by atoms with Crippen molar-refractivity contribution < 1.29 is 9.84 Å². The lowest BCUT2D eigenvalue weighted by atomic mass is 10.0. The lowest BCUT2D eigenvalue weighted by molar-refractivity contribution is 0.0502. The minimum atomic E-state index is -0.508. The van der Waals surface area contributed by atoms with E-state index < -0.39 is 6.10 Å². The van der Waals surface area contributed by atoms with Crippen molar-refractivity contribution in [2.75, 3.05) is 30.7 Å². The molecule has 0 fully saturated rings. The van der Waals surface area contributed by atoms with Crippen LogP contribution in [0.2, 0.25) is 0 Å². The Labute approximate surface area is 197 Å². The van der Waals surface area contributed by atoms with Gasteiger partial charge in [-0.05, 0) is 41.9 Å². The Hall–Kier alpha value is -0.560. The Balaban J connectivity index is 0. The normalized spacial score (nSPS) is 16.7. The van der Waals surface area contributed by atoms with Gasteiger partial charge in [-0.1, -0.05) is 55.4 Å². The molecule has 1 aromatic rings. The van der Waals surface area contributed by atoms with E-state index in [0.29, 0.717) is 6.54 Å². The van der Waals surface area contributed by atoms with Crippen molar-refractivity contribution in [2.24, 2.45) is 0 Å². The maximum absolute atomic E-state index is 10.3. The van der Waals surface area contributed by atoms with E-state index in [4.69, 9.17) is 4.74 Å². The van der Waals surface area contributed by atoms with Gasteiger partial charge in [-0.25, -0.2) is 0 Å². The molecule has 0 bridgehead atoms. The molecule has 2 heterocycles. The second-order valence-corrected chi connectivity index (χ2v) is 7.22. The van der Waals surface area contributed by atoms with Crippen LogP contribution in [-0.4, -0.2) is 48.0 Å². The van der Waals surface area contributed by atoms with Crippen molar-refractivity contribution in [1.29, 1.82) is 0 Å². The molecule has 2 aliphatic heterocycles. The van der Waals surface area contributed by atoms with Gasteiger partial charge in [0.05, 0.1) is 0 Å². The van der Waals surface area contributed by atoms with Gasteiger partial charge in [0, 0.05) is 37.0 Å². The SMILES string of the molecule is CC.CC.CC.CC.OC(CNCC(S)CCS)C1Cc2cc3c(cc2O1)CCN3. The third kappa shape index (κ3) is 10.7. The van der Waals surface area contributed by atoms with Crippen LogP contribution in [0.25, 0.3) is 0 Å². The number of anilines is 1. The molecule has 1 aromatic carbocycles. The summed E-state index contributed by atoms with van der Waals surface area (Å²) < 4.78 is 5.95. The van der Waals surface area contributed by atoms with Crippen LogP contribution >= 0.6 is 25.3 Å². The van der Waals surface area contributed by atoms with Crippen molar-refractivity contribution >= 4 is 30.9 Å². The molecule has 0 saturated carbocycles. The number of hydrogen-bond acceptors (Lipinski definition) is 6. The Morgan fingerprint density at radius 3 is 2.30 bits per heavy atom. The van der Waals surface area contributed by atoms with E-state index in [2.05, 4.69) is 48.0 Å². The molecule has 3 unspecified atom stereocenters. The summed E-state index contributed by atoms with van der Waals surface area (Å²) in [7, 11) is 0. The molecular formula is C24H48N2O2S2. The Morgan fingerprint density at radius 1 is 1.07 bits per heavy atom. The number of thiol groups is 2. The highest BCUT2D eigenvalue weighted by molar-refractivity contribution is 7.81. The Kier molecular flexibility index (Phi) is 21.5. The van der Waals surface area contributed by atoms with Gasteiger partial charge in [0.1, 0.15) is 18.0 Å². The maximum atomic E-state index is 10.3. The van der Waals surface area contributed by atoms with Crippen molar-refractivity contribution in [1.82, 2.24) is 5.32 Å². The predicted octanol–water partition coefficient (Wildman–Crippen LogP) is 5.63. The summed E-state index contributed by atoms with van der Waals surface area (Å²) in [5, 5.41) is 17.3. The van der Waals surface area contributed by atoms with Crippen LogP contribution in [0.3, 0.4) is 0 Å². The molecule has 0 amide bonds. The molecule has 2 aliphatic rings. The molecule has 0 saturated heterocycles. The van der Waals surface area contributed by atoms with Crippen LogP contribution in [0.1, 0.15) is 72.9 Å². The van der Waals surface area contributed by atoms with Crippen molar-refractivity contribution in [2.45, 2.75) is 92.1 Å². The number of ether oxygens (including phenoxy) is 1. The highest BCUT2D eigenvalue weighted by Crippen LogP contribution is 2.36. The van der Waals surface area contributed by atoms with Gasteiger partial charge < -0.3 is 20.5 Å². The second-order valence-electron chi connectivity index (χ2n) is 6.05. The molecule has 0 aliphatic carbocycles. The summed E-state index contributed by atoms with van der Waals surface area (Å²) in [6.07, 6.45) is 2.11. The summed E-state index contributed by atoms with van der Waals surface area (Å²) in [4.78, 5) is 0. The smallest absolute Gasteiger partial charge is 0.130 e. The third-order valence-corrected chi connectivity index (χ3v) is 5.02. The van der Waals surface area contributed by atoms with Gasteiger partial charge in [-0.15, -0.1) is 0 Å². The molecule has 3 atom stereocenters. The van der Waals surface area contributed by atoms with Crippen LogP contribution in [0.4, 0.5) is 5.69 Å². The first-order chi connectivity index (χ1) is 14.7. The zero-order valence-electron chi connectivity index (χ0n) is 20.6. The molecule has 3 N–H and O–H groups in total. The molecule has 0 aromatic heterocycles. The van der Waals surface area contributed by atoms with Gasteiger partial charge in [0.2, 0.25) is 0 Å². The van der Waals surface area contributed by atoms with Crippen LogP contribution in [0, 0.1) is 0 Å². The largest absolute Gasteiger partial charge is 0.487 e. The summed E-state index contributed by atoms with van der Waals surface area (Å²) in [5.74, 6) is 1.77. The highest BCUT2D eigenvalue weighted by Gasteiger charge is 2.30. The summed E-state index contributed by atoms with van der Waals surface area (Å²) in [6, 6.07) is 4.30. The highest BCUT2D eigenvalue weighted by atomic mass is 32.1. The fraction of sp³-hybridized carbons (Fsp3) is 0.750. The summed E-state index contributed by atoms with van der Waals surface area (Å²) >= 11 is 8.67. The van der Waals surface area contributed by atoms with E-state index in [0.717, 1.165) is 43.9 Å². The van der Waals surface area contributed by atoms with Crippen molar-refractivity contribution in [3.8, 4) is 5.75 Å². The maximum Gasteiger partial charge on any atom is 0.130 e. The van der Waals surface area contributed by atoms with E-state index in [1.807, 2.05) is 55.4 Å². The van der Waals surface area contributed by atoms with E-state index in [1.165, 1.54) is 16.8 Å². The minimum Gasteiger partial charge on any atom is -0.487 e. The van der Waals surface area contributed by atoms with Crippen molar-refractivity contribution in [3.63, 3.8) is 0 Å². The number of fused-ring (bicyclic) bond motifs is 2. The zero-order chi connectivity index (χ0) is 23.5. The Bertz CT molecular complexity index is 497. The average molecular weight is 461 g/mol. The summed E-state index contributed by atoms with van der Waals surface area (Å²) in [6.45, 7) is 18.3. The topological polar surface area (TPSA) is 53.5 Å². The monoisotopic (exact) mass is 460 g/mol. The average Bonchev–Trinajstić information content (AvgIpc) is 3.43. The molecule has 3 rings (SSSR count). The molecular weight excluding hydrogens is 412 g/mol. The van der Waals surface area contributed by atoms with E-state index in [9.17, 15) is 5.11 Å². The quantitative estimate of drug-likeness (QED) is 0.342. The first-order valence-corrected chi connectivity index (χ1v) is 13.1. The fourth-order valence-corrected chi connectivity index (χ4v) is 3.83. The number of aliphatic hydroxyl groups is 1. The number of hydrogen-bond donors (Lipinski definition) is 5. The van der Waals surface area contributed by atoms with Gasteiger partial charge >= 0.3 is 0 Å². The standard InChI is InChI=1S/C16H24N2O2S2.4C2H6/c19-14(9-17-8-12(22)2-4-21)16-7-11-5-13-10(1-3-18-13)6-15(11)20-16;4*1-2/h5-6,12,14,16-19,21-22H,1-4,7-9H2;4*1-2H3. The lowest BCUT2D eigenvalue weighted by Crippen LogP contribution is -2.40. The molecule has 178 valence electrons. The van der Waals surface area contributed by atoms with Gasteiger partial charge in [0.15, 0.2) is 0 Å². The Morgan fingerprint density at radius 2 is 1.70 bits per heavy atom. The van der Waals surface area contributed by atoms with Gasteiger partial charge in [-0.2, -0.15) is 25.3 Å². The lowest BCUT2D eigenvalue weighted by Gasteiger charge is -2.19.